The van der Waals surface area contributed by atoms with Gasteiger partial charge in [-0.2, -0.15) is 9.57 Å². The monoisotopic (exact) mass is 409 g/mol. The van der Waals surface area contributed by atoms with Crippen LogP contribution in [0.4, 0.5) is 5.69 Å². The summed E-state index contributed by atoms with van der Waals surface area (Å²) in [6.45, 7) is 1.77. The lowest BCUT2D eigenvalue weighted by molar-refractivity contribution is 0.439. The van der Waals surface area contributed by atoms with Gasteiger partial charge in [0.15, 0.2) is 0 Å². The molecule has 0 aliphatic rings. The van der Waals surface area contributed by atoms with Gasteiger partial charge in [0.25, 0.3) is 0 Å². The number of sulfonamides is 1. The number of halogens is 2. The molecule has 104 valence electrons. The van der Waals surface area contributed by atoms with Crippen molar-refractivity contribution in [3.63, 3.8) is 0 Å². The van der Waals surface area contributed by atoms with E-state index in [-0.39, 0.29) is 17.1 Å². The summed E-state index contributed by atoms with van der Waals surface area (Å²) in [7, 11) is -2.31. The molecule has 1 aromatic rings. The largest absolute Gasteiger partial charge is 0.398 e. The summed E-state index contributed by atoms with van der Waals surface area (Å²) < 4.78 is 27.1. The maximum Gasteiger partial charge on any atom is 0.246 e. The molecule has 19 heavy (non-hydrogen) atoms. The molecule has 1 rings (SSSR count). The average Bonchev–Trinajstić information content (AvgIpc) is 2.26. The van der Waals surface area contributed by atoms with Crippen LogP contribution in [-0.2, 0) is 10.0 Å². The molecule has 0 radical (unpaired) electrons. The van der Waals surface area contributed by atoms with Gasteiger partial charge in [-0.15, -0.1) is 0 Å². The normalized spacial score (nSPS) is 13.3. The number of nitrogens with two attached hydrogens (primary N) is 1. The zero-order valence-corrected chi connectivity index (χ0v) is 14.4. The summed E-state index contributed by atoms with van der Waals surface area (Å²) in [6.07, 6.45) is 0. The van der Waals surface area contributed by atoms with Gasteiger partial charge in [0.05, 0.1) is 17.7 Å². The van der Waals surface area contributed by atoms with Gasteiger partial charge < -0.3 is 5.73 Å². The lowest BCUT2D eigenvalue weighted by atomic mass is 10.2. The van der Waals surface area contributed by atoms with E-state index in [2.05, 4.69) is 31.9 Å². The second-order valence-corrected chi connectivity index (χ2v) is 7.87. The number of hydrogen-bond donors (Lipinski definition) is 1. The Kier molecular flexibility index (Phi) is 5.38. The third kappa shape index (κ3) is 3.69. The lowest BCUT2D eigenvalue weighted by Crippen LogP contribution is -2.31. The smallest absolute Gasteiger partial charge is 0.246 e. The van der Waals surface area contributed by atoms with Crippen LogP contribution in [0.5, 0.6) is 0 Å². The zero-order chi connectivity index (χ0) is 14.8. The van der Waals surface area contributed by atoms with Crippen molar-refractivity contribution in [3.05, 3.63) is 21.1 Å². The molecule has 5 nitrogen and oxygen atoms in total. The summed E-state index contributed by atoms with van der Waals surface area (Å²) >= 11 is 6.45. The Bertz CT molecular complexity index is 602. The van der Waals surface area contributed by atoms with Crippen molar-refractivity contribution in [1.82, 2.24) is 4.31 Å². The minimum absolute atomic E-state index is 0.0170. The quantitative estimate of drug-likeness (QED) is 0.772. The maximum absolute atomic E-state index is 12.4. The van der Waals surface area contributed by atoms with Gasteiger partial charge >= 0.3 is 0 Å². The lowest BCUT2D eigenvalue weighted by Gasteiger charge is -2.20. The summed E-state index contributed by atoms with van der Waals surface area (Å²) in [4.78, 5) is 0.0170. The molecule has 8 heteroatoms. The Morgan fingerprint density at radius 1 is 1.47 bits per heavy atom. The molecule has 0 saturated carbocycles. The Hall–Kier alpha value is -0.620. The van der Waals surface area contributed by atoms with Crippen LogP contribution in [0.15, 0.2) is 26.0 Å². The van der Waals surface area contributed by atoms with Gasteiger partial charge in [-0.3, -0.25) is 0 Å². The SMILES string of the molecule is CC(C#N)CN(C)S(=O)(=O)c1c(N)cc(Br)cc1Br. The predicted molar refractivity (Wildman–Crippen MR) is 80.8 cm³/mol. The zero-order valence-electron chi connectivity index (χ0n) is 10.4. The summed E-state index contributed by atoms with van der Waals surface area (Å²) in [5.74, 6) is -0.393. The van der Waals surface area contributed by atoms with Gasteiger partial charge in [0.2, 0.25) is 10.0 Å². The fourth-order valence-electron chi connectivity index (χ4n) is 1.53. The molecule has 0 amide bonds. The van der Waals surface area contributed by atoms with Crippen molar-refractivity contribution < 1.29 is 8.42 Å². The molecule has 0 bridgehead atoms. The van der Waals surface area contributed by atoms with E-state index in [4.69, 9.17) is 11.0 Å². The van der Waals surface area contributed by atoms with Crippen LogP contribution in [0.1, 0.15) is 6.92 Å². The standard InChI is InChI=1S/C11H13Br2N3O2S/c1-7(5-14)6-16(2)19(17,18)11-9(13)3-8(12)4-10(11)15/h3-4,7H,6,15H2,1-2H3. The maximum atomic E-state index is 12.4. The number of hydrogen-bond acceptors (Lipinski definition) is 4. The highest BCUT2D eigenvalue weighted by Gasteiger charge is 2.27. The number of benzene rings is 1. The molecular formula is C11H13Br2N3O2S. The van der Waals surface area contributed by atoms with Crippen molar-refractivity contribution in [3.8, 4) is 6.07 Å². The molecule has 0 aliphatic carbocycles. The fraction of sp³-hybridized carbons (Fsp3) is 0.364. The Morgan fingerprint density at radius 3 is 2.53 bits per heavy atom. The first-order valence-corrected chi connectivity index (χ1v) is 8.33. The summed E-state index contributed by atoms with van der Waals surface area (Å²) in [5.41, 5.74) is 5.93. The molecule has 1 aromatic carbocycles. The molecule has 0 heterocycles. The highest BCUT2D eigenvalue weighted by atomic mass is 79.9. The molecule has 0 aliphatic heterocycles. The van der Waals surface area contributed by atoms with E-state index in [0.717, 1.165) is 4.31 Å². The van der Waals surface area contributed by atoms with Crippen LogP contribution in [0.25, 0.3) is 0 Å². The van der Waals surface area contributed by atoms with Crippen LogP contribution < -0.4 is 5.73 Å². The van der Waals surface area contributed by atoms with Crippen molar-refractivity contribution >= 4 is 47.6 Å². The van der Waals surface area contributed by atoms with E-state index in [1.807, 2.05) is 6.07 Å². The van der Waals surface area contributed by atoms with Crippen molar-refractivity contribution in [2.45, 2.75) is 11.8 Å². The van der Waals surface area contributed by atoms with E-state index in [1.54, 1.807) is 13.0 Å². The first kappa shape index (κ1) is 16.4. The first-order valence-electron chi connectivity index (χ1n) is 5.30. The summed E-state index contributed by atoms with van der Waals surface area (Å²) in [6, 6.07) is 5.14. The van der Waals surface area contributed by atoms with Crippen LogP contribution >= 0.6 is 31.9 Å². The van der Waals surface area contributed by atoms with E-state index in [1.165, 1.54) is 13.1 Å². The summed E-state index contributed by atoms with van der Waals surface area (Å²) in [5, 5.41) is 8.75. The Balaban J connectivity index is 3.25. The highest BCUT2D eigenvalue weighted by Crippen LogP contribution is 2.33. The predicted octanol–water partition coefficient (Wildman–Crippen LogP) is 2.57. The third-order valence-corrected chi connectivity index (χ3v) is 5.74. The number of anilines is 1. The van der Waals surface area contributed by atoms with E-state index >= 15 is 0 Å². The Morgan fingerprint density at radius 2 is 2.05 bits per heavy atom. The molecule has 0 spiro atoms. The fourth-order valence-corrected chi connectivity index (χ4v) is 4.80. The van der Waals surface area contributed by atoms with E-state index in [9.17, 15) is 8.42 Å². The van der Waals surface area contributed by atoms with Gasteiger partial charge in [-0.25, -0.2) is 8.42 Å². The topological polar surface area (TPSA) is 87.2 Å². The molecule has 0 fully saturated rings. The first-order chi connectivity index (χ1) is 8.70. The van der Waals surface area contributed by atoms with Gasteiger partial charge in [0, 0.05) is 22.5 Å². The van der Waals surface area contributed by atoms with E-state index in [0.29, 0.717) is 8.95 Å². The number of rotatable bonds is 4. The Labute approximate surface area is 129 Å². The minimum atomic E-state index is -3.73. The van der Waals surface area contributed by atoms with Gasteiger partial charge in [0.1, 0.15) is 4.90 Å². The average molecular weight is 411 g/mol. The second-order valence-electron chi connectivity index (χ2n) is 4.12. The van der Waals surface area contributed by atoms with Crippen molar-refractivity contribution in [2.75, 3.05) is 19.3 Å². The number of nitrogen functional groups attached to an aromatic ring is 1. The van der Waals surface area contributed by atoms with Gasteiger partial charge in [-0.1, -0.05) is 15.9 Å². The number of nitrogens with zero attached hydrogens (tertiary/aromatic N) is 2. The van der Waals surface area contributed by atoms with Crippen molar-refractivity contribution in [1.29, 1.82) is 5.26 Å². The van der Waals surface area contributed by atoms with E-state index < -0.39 is 15.9 Å². The molecular weight excluding hydrogens is 398 g/mol. The minimum Gasteiger partial charge on any atom is -0.398 e. The number of nitriles is 1. The van der Waals surface area contributed by atoms with Gasteiger partial charge in [-0.05, 0) is 35.0 Å². The second kappa shape index (κ2) is 6.22. The van der Waals surface area contributed by atoms with Crippen LogP contribution in [0, 0.1) is 17.2 Å². The molecule has 1 unspecified atom stereocenters. The van der Waals surface area contributed by atoms with Crippen LogP contribution in [0.3, 0.4) is 0 Å². The molecule has 0 aromatic heterocycles. The molecule has 0 saturated heterocycles. The van der Waals surface area contributed by atoms with Crippen molar-refractivity contribution in [2.24, 2.45) is 5.92 Å². The highest BCUT2D eigenvalue weighted by molar-refractivity contribution is 9.11. The van der Waals surface area contributed by atoms with Crippen LogP contribution in [0.2, 0.25) is 0 Å². The third-order valence-electron chi connectivity index (χ3n) is 2.46. The molecule has 1 atom stereocenters. The molecule has 2 N–H and O–H groups in total. The van der Waals surface area contributed by atoms with Crippen LogP contribution in [-0.4, -0.2) is 26.3 Å².